The van der Waals surface area contributed by atoms with Crippen molar-refractivity contribution in [2.45, 2.75) is 163 Å². The molecule has 0 nitrogen and oxygen atoms in total. The van der Waals surface area contributed by atoms with Gasteiger partial charge in [-0.25, -0.2) is 0 Å². The van der Waals surface area contributed by atoms with Crippen LogP contribution in [0.4, 0.5) is 0 Å². The van der Waals surface area contributed by atoms with E-state index in [0.29, 0.717) is 29.0 Å². The van der Waals surface area contributed by atoms with Crippen LogP contribution in [0.5, 0.6) is 0 Å². The number of fused-ring (bicyclic) bond motifs is 2. The Hall–Kier alpha value is -0.861. The normalized spacial score (nSPS) is 13.2. The second kappa shape index (κ2) is 21.6. The van der Waals surface area contributed by atoms with Gasteiger partial charge in [-0.05, 0) is 0 Å². The Morgan fingerprint density at radius 3 is 1.43 bits per heavy atom. The molecule has 0 aliphatic heterocycles. The van der Waals surface area contributed by atoms with Crippen LogP contribution in [0.2, 0.25) is 0 Å². The Morgan fingerprint density at radius 2 is 0.918 bits per heavy atom. The monoisotopic (exact) mass is 828 g/mol. The van der Waals surface area contributed by atoms with Crippen molar-refractivity contribution in [1.29, 1.82) is 0 Å². The molecule has 0 amide bonds. The van der Waals surface area contributed by atoms with Crippen LogP contribution in [0, 0.1) is 11.8 Å². The molecule has 0 N–H and O–H groups in total. The van der Waals surface area contributed by atoms with Crippen molar-refractivity contribution in [2.24, 2.45) is 11.8 Å². The molecular formula is C45H64S2Se2. The fraction of sp³-hybridized carbons (Fsp3) is 0.600. The van der Waals surface area contributed by atoms with E-state index >= 15 is 0 Å². The molecule has 0 fully saturated rings. The van der Waals surface area contributed by atoms with Crippen molar-refractivity contribution in [3.63, 3.8) is 0 Å². The van der Waals surface area contributed by atoms with Gasteiger partial charge in [-0.3, -0.25) is 0 Å². The molecule has 0 radical (unpaired) electrons. The summed E-state index contributed by atoms with van der Waals surface area (Å²) in [4.78, 5) is 0. The number of benzene rings is 1. The van der Waals surface area contributed by atoms with Gasteiger partial charge >= 0.3 is 322 Å². The molecule has 5 rings (SSSR count). The molecule has 0 spiro atoms. The van der Waals surface area contributed by atoms with E-state index in [4.69, 9.17) is 0 Å². The Morgan fingerprint density at radius 1 is 0.490 bits per heavy atom. The first-order valence-corrected chi connectivity index (χ1v) is 25.4. The molecule has 1 aromatic carbocycles. The maximum absolute atomic E-state index is 2.55. The minimum absolute atomic E-state index is 0.438. The van der Waals surface area contributed by atoms with Crippen LogP contribution in [-0.4, -0.2) is 29.0 Å². The van der Waals surface area contributed by atoms with E-state index < -0.39 is 0 Å². The summed E-state index contributed by atoms with van der Waals surface area (Å²) in [6.45, 7) is 9.47. The van der Waals surface area contributed by atoms with Crippen LogP contribution < -0.4 is 0 Å². The van der Waals surface area contributed by atoms with Gasteiger partial charge in [0, 0.05) is 0 Å². The van der Waals surface area contributed by atoms with Crippen LogP contribution in [0.15, 0.2) is 47.2 Å². The van der Waals surface area contributed by atoms with E-state index in [2.05, 4.69) is 74.9 Å². The quantitative estimate of drug-likeness (QED) is 0.0406. The van der Waals surface area contributed by atoms with Gasteiger partial charge in [0.1, 0.15) is 0 Å². The zero-order valence-electron chi connectivity index (χ0n) is 31.3. The first-order chi connectivity index (χ1) is 24.1. The molecule has 49 heavy (non-hydrogen) atoms. The zero-order valence-corrected chi connectivity index (χ0v) is 36.3. The van der Waals surface area contributed by atoms with Crippen molar-refractivity contribution in [1.82, 2.24) is 0 Å². The van der Waals surface area contributed by atoms with Gasteiger partial charge in [-0.1, -0.05) is 0 Å². The average molecular weight is 827 g/mol. The molecule has 0 bridgehead atoms. The SMILES string of the molecule is CCCCCCCCC(C)Cc1ccc(-c2c3ccsc3c(-c3ccc(CC(CCCCCC)CCCCCCCC)[se]3)c3ccsc23)[se]1. The maximum atomic E-state index is 2.55. The van der Waals surface area contributed by atoms with Crippen molar-refractivity contribution in [3.05, 3.63) is 56.0 Å². The van der Waals surface area contributed by atoms with E-state index in [0.717, 1.165) is 11.8 Å². The average Bonchev–Trinajstić information content (AvgIpc) is 3.93. The standard InChI is InChI=1S/C45H64S2Se2/c1-5-8-11-14-16-18-21-34(4)32-36-24-26-40(48-36)42-38-28-30-47-45(38)43(39-29-31-46-44(39)42)41-27-25-37(49-41)33-35(22-19-13-10-7-3)23-20-17-15-12-9-6-2/h24-31,34-35H,5-23,32-33H2,1-4H3. The van der Waals surface area contributed by atoms with Crippen LogP contribution in [0.1, 0.15) is 159 Å². The zero-order chi connectivity index (χ0) is 34.3. The minimum atomic E-state index is 0.438. The van der Waals surface area contributed by atoms with Gasteiger partial charge in [0.05, 0.1) is 0 Å². The van der Waals surface area contributed by atoms with Gasteiger partial charge in [0.2, 0.25) is 0 Å². The third-order valence-corrected chi connectivity index (χ3v) is 17.2. The molecule has 0 aliphatic rings. The van der Waals surface area contributed by atoms with Crippen molar-refractivity contribution < 1.29 is 0 Å². The third kappa shape index (κ3) is 11.6. The summed E-state index contributed by atoms with van der Waals surface area (Å²) in [6, 6.07) is 15.0. The van der Waals surface area contributed by atoms with Gasteiger partial charge in [0.25, 0.3) is 0 Å². The molecule has 4 heterocycles. The van der Waals surface area contributed by atoms with Crippen LogP contribution in [0.25, 0.3) is 40.2 Å². The van der Waals surface area contributed by atoms with Gasteiger partial charge in [0.15, 0.2) is 0 Å². The predicted octanol–water partition coefficient (Wildman–Crippen LogP) is 15.4. The molecule has 0 saturated heterocycles. The van der Waals surface area contributed by atoms with Crippen molar-refractivity contribution >= 4 is 71.9 Å². The van der Waals surface area contributed by atoms with E-state index in [1.165, 1.54) is 155 Å². The third-order valence-electron chi connectivity index (χ3n) is 10.7. The van der Waals surface area contributed by atoms with Crippen LogP contribution >= 0.6 is 22.7 Å². The fourth-order valence-electron chi connectivity index (χ4n) is 7.80. The molecular weight excluding hydrogens is 763 g/mol. The van der Waals surface area contributed by atoms with E-state index in [-0.39, 0.29) is 0 Å². The van der Waals surface area contributed by atoms with Crippen molar-refractivity contribution in [2.75, 3.05) is 0 Å². The van der Waals surface area contributed by atoms with E-state index in [1.54, 1.807) is 28.9 Å². The molecule has 0 saturated carbocycles. The Labute approximate surface area is 320 Å². The number of unbranched alkanes of at least 4 members (excludes halogenated alkanes) is 13. The summed E-state index contributed by atoms with van der Waals surface area (Å²) in [6.07, 6.45) is 29.4. The summed E-state index contributed by atoms with van der Waals surface area (Å²) in [5, 5.41) is 7.76. The Kier molecular flexibility index (Phi) is 17.4. The number of rotatable bonds is 25. The summed E-state index contributed by atoms with van der Waals surface area (Å²) >= 11 is 4.84. The van der Waals surface area contributed by atoms with Crippen LogP contribution in [-0.2, 0) is 12.8 Å². The molecule has 0 aliphatic carbocycles. The van der Waals surface area contributed by atoms with E-state index in [1.807, 2.05) is 22.7 Å². The van der Waals surface area contributed by atoms with Gasteiger partial charge in [-0.2, -0.15) is 0 Å². The summed E-state index contributed by atoms with van der Waals surface area (Å²) in [7, 11) is 0. The van der Waals surface area contributed by atoms with Crippen molar-refractivity contribution in [3.8, 4) is 20.0 Å². The van der Waals surface area contributed by atoms with E-state index in [9.17, 15) is 0 Å². The Bertz CT molecular complexity index is 1580. The first-order valence-electron chi connectivity index (χ1n) is 20.2. The molecule has 268 valence electrons. The summed E-state index contributed by atoms with van der Waals surface area (Å²) in [5.41, 5.74) is 3.13. The second-order valence-electron chi connectivity index (χ2n) is 15.0. The van der Waals surface area contributed by atoms with Crippen LogP contribution in [0.3, 0.4) is 0 Å². The molecule has 2 atom stereocenters. The predicted molar refractivity (Wildman–Crippen MR) is 227 cm³/mol. The molecule has 5 aromatic rings. The topological polar surface area (TPSA) is 0 Å². The first kappa shape index (κ1) is 39.3. The molecule has 4 heteroatoms. The fourth-order valence-corrected chi connectivity index (χ4v) is 15.1. The number of thiophene rings is 2. The Balaban J connectivity index is 1.30. The molecule has 4 aromatic heterocycles. The summed E-state index contributed by atoms with van der Waals surface area (Å²) in [5.74, 6) is 1.68. The number of hydrogen-bond acceptors (Lipinski definition) is 2. The van der Waals surface area contributed by atoms with Gasteiger partial charge in [-0.15, -0.1) is 0 Å². The second-order valence-corrected chi connectivity index (χ2v) is 21.7. The van der Waals surface area contributed by atoms with Gasteiger partial charge < -0.3 is 0 Å². The number of hydrogen-bond donors (Lipinski definition) is 0. The molecule has 2 unspecified atom stereocenters. The summed E-state index contributed by atoms with van der Waals surface area (Å²) < 4.78 is 9.76.